The molecule has 1 heterocycles. The van der Waals surface area contributed by atoms with Crippen LogP contribution >= 0.6 is 0 Å². The normalized spacial score (nSPS) is 11.4. The smallest absolute Gasteiger partial charge is 0.411 e. The number of aryl methyl sites for hydroxylation is 1. The zero-order chi connectivity index (χ0) is 22.9. The van der Waals surface area contributed by atoms with E-state index in [2.05, 4.69) is 79.9 Å². The van der Waals surface area contributed by atoms with Gasteiger partial charge in [0.15, 0.2) is 0 Å². The van der Waals surface area contributed by atoms with Crippen LogP contribution in [-0.4, -0.2) is 23.7 Å². The predicted molar refractivity (Wildman–Crippen MR) is 129 cm³/mol. The quantitative estimate of drug-likeness (QED) is 0.448. The van der Waals surface area contributed by atoms with Crippen molar-refractivity contribution in [2.75, 3.05) is 17.2 Å². The summed E-state index contributed by atoms with van der Waals surface area (Å²) >= 11 is 0. The number of anilines is 2. The van der Waals surface area contributed by atoms with Crippen molar-refractivity contribution in [1.29, 1.82) is 0 Å². The van der Waals surface area contributed by atoms with Crippen LogP contribution in [0.4, 0.5) is 22.1 Å². The lowest BCUT2D eigenvalue weighted by atomic mass is 9.98. The number of carbonyl (C=O) groups is 1. The molecule has 0 aliphatic rings. The predicted octanol–water partition coefficient (Wildman–Crippen LogP) is 1.96. The first-order valence-electron chi connectivity index (χ1n) is 11.1. The Balaban J connectivity index is 0.00000385. The highest BCUT2D eigenvalue weighted by Gasteiger charge is 2.18. The van der Waals surface area contributed by atoms with Gasteiger partial charge < -0.3 is 22.5 Å². The van der Waals surface area contributed by atoms with Crippen molar-refractivity contribution in [2.45, 2.75) is 46.2 Å². The van der Waals surface area contributed by atoms with Gasteiger partial charge in [0.05, 0.1) is 18.7 Å². The number of aromatic nitrogens is 1. The lowest BCUT2D eigenvalue weighted by Gasteiger charge is -2.21. The van der Waals surface area contributed by atoms with E-state index >= 15 is 0 Å². The number of nitrogens with two attached hydrogens (primary N) is 1. The molecule has 0 spiro atoms. The molecular weight excluding hydrogens is 436 g/mol. The first-order valence-corrected chi connectivity index (χ1v) is 11.1. The van der Waals surface area contributed by atoms with Gasteiger partial charge in [-0.25, -0.2) is 4.79 Å². The molecule has 3 rings (SSSR count). The lowest BCUT2D eigenvalue weighted by molar-refractivity contribution is -0.605. The van der Waals surface area contributed by atoms with Gasteiger partial charge in [-0.15, -0.1) is 0 Å². The van der Waals surface area contributed by atoms with Gasteiger partial charge in [0.1, 0.15) is 11.5 Å². The van der Waals surface area contributed by atoms with E-state index in [1.807, 2.05) is 23.5 Å². The van der Waals surface area contributed by atoms with Crippen LogP contribution in [0.15, 0.2) is 66.7 Å². The van der Waals surface area contributed by atoms with E-state index in [0.717, 1.165) is 18.1 Å². The zero-order valence-electron chi connectivity index (χ0n) is 19.6. The van der Waals surface area contributed by atoms with Crippen LogP contribution in [0.3, 0.4) is 0 Å². The van der Waals surface area contributed by atoms with E-state index in [1.54, 1.807) is 6.92 Å². The average molecular weight is 469 g/mol. The Labute approximate surface area is 202 Å². The third-order valence-corrected chi connectivity index (χ3v) is 5.01. The number of quaternary nitrogens is 1. The van der Waals surface area contributed by atoms with Crippen molar-refractivity contribution in [3.8, 4) is 0 Å². The number of pyridine rings is 1. The standard InChI is InChI=1S/C26H32N4O2.ClH/c1-5-32-26(31)29-22-15-16-24(30-25(22)27-18(2)3)28-23(17-20-9-7-6-8-10-20)21-13-11-19(4)12-14-21;/h6-16,18,23H,5,17H2,1-4H3,(H,29,31)(H2,27,28,30);1H. The van der Waals surface area contributed by atoms with Crippen molar-refractivity contribution < 1.29 is 27.3 Å². The first kappa shape index (κ1) is 26.2. The van der Waals surface area contributed by atoms with Gasteiger partial charge in [0.2, 0.25) is 0 Å². The molecule has 0 aliphatic heterocycles. The fourth-order valence-corrected chi connectivity index (χ4v) is 3.46. The second-order valence-electron chi connectivity index (χ2n) is 8.18. The molecule has 1 unspecified atom stereocenters. The molecule has 1 amide bonds. The van der Waals surface area contributed by atoms with Gasteiger partial charge in [-0.3, -0.25) is 10.6 Å². The third kappa shape index (κ3) is 8.08. The summed E-state index contributed by atoms with van der Waals surface area (Å²) in [5.74, 6) is 1.48. The van der Waals surface area contributed by atoms with Crippen LogP contribution in [-0.2, 0) is 11.2 Å². The van der Waals surface area contributed by atoms with Crippen molar-refractivity contribution in [3.05, 3.63) is 83.4 Å². The molecule has 3 aromatic rings. The van der Waals surface area contributed by atoms with Gasteiger partial charge >= 0.3 is 6.09 Å². The van der Waals surface area contributed by atoms with E-state index < -0.39 is 6.09 Å². The molecular formula is C26H33ClN4O2. The number of carbonyl (C=O) groups excluding carboxylic acids is 1. The Hall–Kier alpha value is -3.09. The Morgan fingerprint density at radius 2 is 1.73 bits per heavy atom. The van der Waals surface area contributed by atoms with Crippen molar-refractivity contribution in [2.24, 2.45) is 0 Å². The number of benzene rings is 2. The number of nitrogens with zero attached hydrogens (tertiary/aromatic N) is 1. The number of nitrogens with one attached hydrogen (secondary N) is 2. The van der Waals surface area contributed by atoms with Gasteiger partial charge in [0, 0.05) is 0 Å². The summed E-state index contributed by atoms with van der Waals surface area (Å²) in [5.41, 5.74) is 4.32. The Morgan fingerprint density at radius 1 is 1.03 bits per heavy atom. The third-order valence-electron chi connectivity index (χ3n) is 5.01. The second kappa shape index (κ2) is 12.8. The summed E-state index contributed by atoms with van der Waals surface area (Å²) in [6.45, 7) is 8.36. The van der Waals surface area contributed by atoms with Gasteiger partial charge in [-0.2, -0.15) is 4.98 Å². The number of hydrogen-bond acceptors (Lipinski definition) is 4. The fraction of sp³-hybridized carbons (Fsp3) is 0.308. The monoisotopic (exact) mass is 468 g/mol. The molecule has 7 heteroatoms. The van der Waals surface area contributed by atoms with Crippen LogP contribution in [0.2, 0.25) is 0 Å². The summed E-state index contributed by atoms with van der Waals surface area (Å²) in [6.07, 6.45) is 0.354. The van der Waals surface area contributed by atoms with Crippen molar-refractivity contribution >= 4 is 23.4 Å². The number of halogens is 1. The molecule has 33 heavy (non-hydrogen) atoms. The van der Waals surface area contributed by atoms with Crippen LogP contribution in [0.5, 0.6) is 0 Å². The van der Waals surface area contributed by atoms with E-state index in [0.29, 0.717) is 12.3 Å². The highest BCUT2D eigenvalue weighted by Crippen LogP contribution is 2.26. The number of ether oxygens (including phenoxy) is 1. The molecule has 0 fully saturated rings. The molecule has 0 bridgehead atoms. The molecule has 0 saturated heterocycles. The Morgan fingerprint density at radius 3 is 2.36 bits per heavy atom. The molecule has 176 valence electrons. The molecule has 1 aromatic heterocycles. The number of hydrogen-bond donors (Lipinski definition) is 3. The fourth-order valence-electron chi connectivity index (χ4n) is 3.46. The highest BCUT2D eigenvalue weighted by atomic mass is 35.5. The summed E-state index contributed by atoms with van der Waals surface area (Å²) in [7, 11) is 0. The van der Waals surface area contributed by atoms with Crippen LogP contribution < -0.4 is 28.4 Å². The zero-order valence-corrected chi connectivity index (χ0v) is 20.4. The second-order valence-corrected chi connectivity index (χ2v) is 8.18. The first-order chi connectivity index (χ1) is 15.4. The molecule has 0 saturated carbocycles. The van der Waals surface area contributed by atoms with Crippen molar-refractivity contribution in [3.63, 3.8) is 0 Å². The number of rotatable bonds is 9. The minimum absolute atomic E-state index is 0. The van der Waals surface area contributed by atoms with Gasteiger partial charge in [-0.05, 0) is 57.4 Å². The SMILES string of the molecule is CCOC(=O)Nc1ccc(NC(Cc2ccccc2)c2ccc(C)cc2)nc1[NH2+]C(C)C.[Cl-]. The van der Waals surface area contributed by atoms with Crippen LogP contribution in [0, 0.1) is 6.92 Å². The van der Waals surface area contributed by atoms with Crippen LogP contribution in [0.1, 0.15) is 43.5 Å². The van der Waals surface area contributed by atoms with Gasteiger partial charge in [0.25, 0.3) is 5.82 Å². The van der Waals surface area contributed by atoms with E-state index in [1.165, 1.54) is 16.7 Å². The van der Waals surface area contributed by atoms with E-state index in [9.17, 15) is 4.79 Å². The lowest BCUT2D eigenvalue weighted by Crippen LogP contribution is -3.00. The summed E-state index contributed by atoms with van der Waals surface area (Å²) in [6, 6.07) is 23.1. The molecule has 2 aromatic carbocycles. The Kier molecular flexibility index (Phi) is 10.2. The maximum absolute atomic E-state index is 11.9. The van der Waals surface area contributed by atoms with E-state index in [-0.39, 0.29) is 24.5 Å². The summed E-state index contributed by atoms with van der Waals surface area (Å²) < 4.78 is 5.03. The van der Waals surface area contributed by atoms with Gasteiger partial charge in [-0.1, -0.05) is 60.2 Å². The van der Waals surface area contributed by atoms with Crippen molar-refractivity contribution in [1.82, 2.24) is 4.98 Å². The summed E-state index contributed by atoms with van der Waals surface area (Å²) in [4.78, 5) is 16.8. The molecule has 1 atom stereocenters. The molecule has 4 N–H and O–H groups in total. The summed E-state index contributed by atoms with van der Waals surface area (Å²) in [5, 5.41) is 8.43. The average Bonchev–Trinajstić information content (AvgIpc) is 2.76. The molecule has 0 aliphatic carbocycles. The number of amides is 1. The maximum Gasteiger partial charge on any atom is 0.411 e. The minimum Gasteiger partial charge on any atom is -1.00 e. The maximum atomic E-state index is 11.9. The minimum atomic E-state index is -0.477. The largest absolute Gasteiger partial charge is 1.00 e. The highest BCUT2D eigenvalue weighted by molar-refractivity contribution is 5.87. The molecule has 6 nitrogen and oxygen atoms in total. The topological polar surface area (TPSA) is 79.9 Å². The van der Waals surface area contributed by atoms with E-state index in [4.69, 9.17) is 9.72 Å². The van der Waals surface area contributed by atoms with Crippen LogP contribution in [0.25, 0.3) is 0 Å². The molecule has 0 radical (unpaired) electrons. The Bertz CT molecular complexity index is 1010.